The molecule has 0 saturated carbocycles. The lowest BCUT2D eigenvalue weighted by atomic mass is 9.81. The van der Waals surface area contributed by atoms with Crippen LogP contribution in [0.5, 0.6) is 0 Å². The molecule has 16 heavy (non-hydrogen) atoms. The molecule has 1 heteroatoms. The molecule has 0 radical (unpaired) electrons. The van der Waals surface area contributed by atoms with Crippen LogP contribution in [0.1, 0.15) is 49.3 Å². The molecule has 3 rings (SSSR count). The molecule has 86 valence electrons. The Morgan fingerprint density at radius 1 is 1.25 bits per heavy atom. The van der Waals surface area contributed by atoms with Crippen molar-refractivity contribution in [3.05, 3.63) is 34.9 Å². The van der Waals surface area contributed by atoms with Gasteiger partial charge in [-0.05, 0) is 48.4 Å². The molecule has 0 aromatic heterocycles. The maximum Gasteiger partial charge on any atom is 0.00957 e. The second-order valence-corrected chi connectivity index (χ2v) is 5.78. The van der Waals surface area contributed by atoms with Gasteiger partial charge in [0.25, 0.3) is 0 Å². The van der Waals surface area contributed by atoms with E-state index in [0.717, 1.165) is 0 Å². The number of benzene rings is 1. The molecular formula is C15H21N. The zero-order valence-electron chi connectivity index (χ0n) is 10.3. The van der Waals surface area contributed by atoms with Crippen molar-refractivity contribution >= 4 is 0 Å². The largest absolute Gasteiger partial charge is 0.316 e. The Labute approximate surface area is 98.3 Å². The minimum atomic E-state index is 0.491. The smallest absolute Gasteiger partial charge is 0.00957 e. The van der Waals surface area contributed by atoms with Crippen LogP contribution in [0.15, 0.2) is 18.2 Å². The minimum absolute atomic E-state index is 0.491. The highest BCUT2D eigenvalue weighted by atomic mass is 14.9. The van der Waals surface area contributed by atoms with E-state index in [1.807, 2.05) is 0 Å². The van der Waals surface area contributed by atoms with Crippen LogP contribution in [0, 0.1) is 0 Å². The number of aryl methyl sites for hydroxylation is 1. The van der Waals surface area contributed by atoms with E-state index in [-0.39, 0.29) is 0 Å². The number of hydrogen-bond acceptors (Lipinski definition) is 1. The van der Waals surface area contributed by atoms with Crippen molar-refractivity contribution < 1.29 is 0 Å². The van der Waals surface area contributed by atoms with Gasteiger partial charge in [-0.1, -0.05) is 32.0 Å². The van der Waals surface area contributed by atoms with Crippen LogP contribution < -0.4 is 5.32 Å². The molecule has 0 amide bonds. The van der Waals surface area contributed by atoms with Crippen LogP contribution in [-0.4, -0.2) is 13.1 Å². The molecule has 1 aromatic carbocycles. The highest BCUT2D eigenvalue weighted by Crippen LogP contribution is 2.43. The molecule has 1 aromatic rings. The average Bonchev–Trinajstić information content (AvgIpc) is 2.88. The first kappa shape index (κ1) is 10.3. The number of nitrogens with one attached hydrogen (secondary N) is 1. The molecule has 1 saturated heterocycles. The first-order chi connectivity index (χ1) is 7.71. The summed E-state index contributed by atoms with van der Waals surface area (Å²) in [4.78, 5) is 0. The van der Waals surface area contributed by atoms with Crippen molar-refractivity contribution in [3.63, 3.8) is 0 Å². The normalized spacial score (nSPS) is 27.9. The van der Waals surface area contributed by atoms with Gasteiger partial charge in [-0.15, -0.1) is 0 Å². The van der Waals surface area contributed by atoms with Gasteiger partial charge in [-0.2, -0.15) is 0 Å². The molecule has 1 N–H and O–H groups in total. The van der Waals surface area contributed by atoms with Crippen LogP contribution >= 0.6 is 0 Å². The molecule has 1 heterocycles. The third-order valence-corrected chi connectivity index (χ3v) is 4.48. The molecule has 1 unspecified atom stereocenters. The van der Waals surface area contributed by atoms with Crippen LogP contribution in [0.4, 0.5) is 0 Å². The summed E-state index contributed by atoms with van der Waals surface area (Å²) < 4.78 is 0. The molecule has 0 bridgehead atoms. The monoisotopic (exact) mass is 215 g/mol. The third-order valence-electron chi connectivity index (χ3n) is 4.48. The summed E-state index contributed by atoms with van der Waals surface area (Å²) in [5.41, 5.74) is 5.25. The maximum absolute atomic E-state index is 3.53. The minimum Gasteiger partial charge on any atom is -0.316 e. The van der Waals surface area contributed by atoms with E-state index in [1.54, 1.807) is 11.1 Å². The van der Waals surface area contributed by atoms with E-state index in [1.165, 1.54) is 37.9 Å². The molecule has 1 spiro atoms. The van der Waals surface area contributed by atoms with Gasteiger partial charge in [0.15, 0.2) is 0 Å². The van der Waals surface area contributed by atoms with Gasteiger partial charge in [-0.25, -0.2) is 0 Å². The van der Waals surface area contributed by atoms with E-state index in [9.17, 15) is 0 Å². The van der Waals surface area contributed by atoms with E-state index in [2.05, 4.69) is 37.4 Å². The predicted molar refractivity (Wildman–Crippen MR) is 68.0 cm³/mol. The van der Waals surface area contributed by atoms with Crippen molar-refractivity contribution in [2.75, 3.05) is 13.1 Å². The van der Waals surface area contributed by atoms with Gasteiger partial charge in [-0.3, -0.25) is 0 Å². The number of rotatable bonds is 1. The fraction of sp³-hybridized carbons (Fsp3) is 0.600. The molecule has 1 atom stereocenters. The quantitative estimate of drug-likeness (QED) is 0.759. The summed E-state index contributed by atoms with van der Waals surface area (Å²) >= 11 is 0. The number of fused-ring (bicyclic) bond motifs is 2. The summed E-state index contributed by atoms with van der Waals surface area (Å²) in [7, 11) is 0. The zero-order valence-corrected chi connectivity index (χ0v) is 10.3. The Balaban J connectivity index is 2.01. The predicted octanol–water partition coefficient (Wildman–Crippen LogP) is 2.99. The Kier molecular flexibility index (Phi) is 2.32. The fourth-order valence-electron chi connectivity index (χ4n) is 3.39. The maximum atomic E-state index is 3.53. The lowest BCUT2D eigenvalue weighted by Crippen LogP contribution is -2.25. The topological polar surface area (TPSA) is 12.0 Å². The first-order valence-electron chi connectivity index (χ1n) is 6.55. The van der Waals surface area contributed by atoms with Crippen molar-refractivity contribution in [2.24, 2.45) is 0 Å². The van der Waals surface area contributed by atoms with Gasteiger partial charge in [0.05, 0.1) is 0 Å². The van der Waals surface area contributed by atoms with Crippen LogP contribution in [0.25, 0.3) is 0 Å². The van der Waals surface area contributed by atoms with E-state index < -0.39 is 0 Å². The van der Waals surface area contributed by atoms with E-state index in [4.69, 9.17) is 0 Å². The Morgan fingerprint density at radius 2 is 2.12 bits per heavy atom. The van der Waals surface area contributed by atoms with Crippen molar-refractivity contribution in [3.8, 4) is 0 Å². The molecule has 1 fully saturated rings. The van der Waals surface area contributed by atoms with Crippen molar-refractivity contribution in [1.29, 1.82) is 0 Å². The Morgan fingerprint density at radius 3 is 2.81 bits per heavy atom. The summed E-state index contributed by atoms with van der Waals surface area (Å²) in [5, 5.41) is 3.53. The van der Waals surface area contributed by atoms with E-state index in [0.29, 0.717) is 11.3 Å². The average molecular weight is 215 g/mol. The van der Waals surface area contributed by atoms with Crippen LogP contribution in [0.3, 0.4) is 0 Å². The summed E-state index contributed by atoms with van der Waals surface area (Å²) in [6.07, 6.45) is 3.98. The number of hydrogen-bond donors (Lipinski definition) is 1. The van der Waals surface area contributed by atoms with Crippen molar-refractivity contribution in [1.82, 2.24) is 5.32 Å². The summed E-state index contributed by atoms with van der Waals surface area (Å²) in [6, 6.07) is 7.20. The van der Waals surface area contributed by atoms with Gasteiger partial charge in [0, 0.05) is 12.0 Å². The molecular weight excluding hydrogens is 194 g/mol. The fourth-order valence-corrected chi connectivity index (χ4v) is 3.39. The van der Waals surface area contributed by atoms with Gasteiger partial charge in [0.2, 0.25) is 0 Å². The molecule has 2 aliphatic rings. The highest BCUT2D eigenvalue weighted by Gasteiger charge is 2.40. The second-order valence-electron chi connectivity index (χ2n) is 5.78. The standard InChI is InChI=1S/C15H21N/c1-11(2)12-3-4-14-13(9-12)5-6-15(14)7-8-16-10-15/h3-4,9,11,16H,5-8,10H2,1-2H3. The Bertz CT molecular complexity index is 400. The Hall–Kier alpha value is -0.820. The van der Waals surface area contributed by atoms with Gasteiger partial charge >= 0.3 is 0 Å². The molecule has 1 nitrogen and oxygen atoms in total. The summed E-state index contributed by atoms with van der Waals surface area (Å²) in [6.45, 7) is 6.96. The molecule has 1 aliphatic carbocycles. The lowest BCUT2D eigenvalue weighted by molar-refractivity contribution is 0.468. The first-order valence-corrected chi connectivity index (χ1v) is 6.55. The molecule has 1 aliphatic heterocycles. The summed E-state index contributed by atoms with van der Waals surface area (Å²) in [5.74, 6) is 0.656. The highest BCUT2D eigenvalue weighted by molar-refractivity contribution is 5.43. The van der Waals surface area contributed by atoms with Crippen LogP contribution in [-0.2, 0) is 11.8 Å². The van der Waals surface area contributed by atoms with Gasteiger partial charge < -0.3 is 5.32 Å². The van der Waals surface area contributed by atoms with Crippen molar-refractivity contribution in [2.45, 2.75) is 44.4 Å². The zero-order chi connectivity index (χ0) is 11.2. The third kappa shape index (κ3) is 1.41. The van der Waals surface area contributed by atoms with Crippen LogP contribution in [0.2, 0.25) is 0 Å². The second kappa shape index (κ2) is 3.59. The lowest BCUT2D eigenvalue weighted by Gasteiger charge is -2.23. The SMILES string of the molecule is CC(C)c1ccc2c(c1)CCC21CCNC1. The van der Waals surface area contributed by atoms with E-state index >= 15 is 0 Å². The van der Waals surface area contributed by atoms with Gasteiger partial charge in [0.1, 0.15) is 0 Å².